The molecule has 0 saturated heterocycles. The largest absolute Gasteiger partial charge is 0.380 e. The van der Waals surface area contributed by atoms with Gasteiger partial charge in [0.05, 0.1) is 31.2 Å². The van der Waals surface area contributed by atoms with Crippen LogP contribution in [0.1, 0.15) is 44.3 Å². The second-order valence-corrected chi connectivity index (χ2v) is 5.77. The summed E-state index contributed by atoms with van der Waals surface area (Å²) < 4.78 is 7.72. The van der Waals surface area contributed by atoms with Crippen molar-refractivity contribution in [3.05, 3.63) is 29.9 Å². The van der Waals surface area contributed by atoms with Crippen molar-refractivity contribution >= 4 is 5.91 Å². The summed E-state index contributed by atoms with van der Waals surface area (Å²) in [4.78, 5) is 18.9. The van der Waals surface area contributed by atoms with E-state index in [-0.39, 0.29) is 11.9 Å². The summed E-state index contributed by atoms with van der Waals surface area (Å²) in [5.41, 5.74) is 2.08. The molecular weight excluding hydrogens is 266 g/mol. The zero-order valence-corrected chi connectivity index (χ0v) is 12.6. The molecule has 1 atom stereocenters. The summed E-state index contributed by atoms with van der Waals surface area (Å²) in [7, 11) is 0. The molecule has 1 unspecified atom stereocenters. The van der Waals surface area contributed by atoms with Gasteiger partial charge in [-0.1, -0.05) is 6.08 Å². The molecule has 0 spiro atoms. The molecular formula is C16H23N3O2. The zero-order chi connectivity index (χ0) is 14.7. The summed E-state index contributed by atoms with van der Waals surface area (Å²) in [6.45, 7) is 4.67. The van der Waals surface area contributed by atoms with E-state index < -0.39 is 0 Å². The van der Waals surface area contributed by atoms with Crippen molar-refractivity contribution in [2.45, 2.75) is 45.2 Å². The minimum absolute atomic E-state index is 0.171. The fourth-order valence-corrected chi connectivity index (χ4v) is 3.16. The van der Waals surface area contributed by atoms with Crippen LogP contribution in [0.3, 0.4) is 0 Å². The van der Waals surface area contributed by atoms with Gasteiger partial charge in [-0.05, 0) is 32.6 Å². The number of carbonyl (C=O) groups excluding carboxylic acids is 1. The maximum absolute atomic E-state index is 12.7. The lowest BCUT2D eigenvalue weighted by molar-refractivity contribution is -0.129. The van der Waals surface area contributed by atoms with E-state index in [2.05, 4.69) is 15.6 Å². The molecule has 21 heavy (non-hydrogen) atoms. The third-order valence-corrected chi connectivity index (χ3v) is 4.29. The van der Waals surface area contributed by atoms with E-state index in [1.54, 1.807) is 0 Å². The Hall–Kier alpha value is -1.62. The van der Waals surface area contributed by atoms with Gasteiger partial charge in [0.25, 0.3) is 0 Å². The number of aromatic nitrogens is 2. The van der Waals surface area contributed by atoms with Crippen molar-refractivity contribution in [3.63, 3.8) is 0 Å². The third-order valence-electron chi connectivity index (χ3n) is 4.29. The first-order chi connectivity index (χ1) is 10.3. The number of carbonyl (C=O) groups is 1. The molecule has 0 aromatic carbocycles. The number of allylic oxidation sites excluding steroid dienone is 1. The van der Waals surface area contributed by atoms with Crippen molar-refractivity contribution in [2.24, 2.45) is 0 Å². The van der Waals surface area contributed by atoms with Gasteiger partial charge in [-0.2, -0.15) is 0 Å². The fourth-order valence-electron chi connectivity index (χ4n) is 3.16. The first-order valence-electron chi connectivity index (χ1n) is 7.86. The van der Waals surface area contributed by atoms with Gasteiger partial charge in [-0.3, -0.25) is 4.79 Å². The van der Waals surface area contributed by atoms with Crippen LogP contribution in [0.15, 0.2) is 24.2 Å². The highest BCUT2D eigenvalue weighted by Crippen LogP contribution is 2.25. The number of fused-ring (bicyclic) bond motifs is 1. The number of hydrogen-bond acceptors (Lipinski definition) is 3. The first-order valence-corrected chi connectivity index (χ1v) is 7.86. The zero-order valence-electron chi connectivity index (χ0n) is 12.6. The molecule has 2 heterocycles. The summed E-state index contributed by atoms with van der Waals surface area (Å²) in [6, 6.07) is 0.171. The van der Waals surface area contributed by atoms with E-state index >= 15 is 0 Å². The highest BCUT2D eigenvalue weighted by molar-refractivity contribution is 5.93. The lowest BCUT2D eigenvalue weighted by Gasteiger charge is -2.35. The smallest absolute Gasteiger partial charge is 0.249 e. The number of rotatable bonds is 4. The summed E-state index contributed by atoms with van der Waals surface area (Å²) in [5.74, 6) is 0.198. The second-order valence-electron chi connectivity index (χ2n) is 5.77. The van der Waals surface area contributed by atoms with Crippen molar-refractivity contribution in [1.82, 2.24) is 14.5 Å². The lowest BCUT2D eigenvalue weighted by atomic mass is 9.98. The number of nitrogens with zero attached hydrogens (tertiary/aromatic N) is 3. The Balaban J connectivity index is 1.75. The molecule has 1 aromatic rings. The number of amides is 1. The topological polar surface area (TPSA) is 47.4 Å². The van der Waals surface area contributed by atoms with E-state index in [9.17, 15) is 4.79 Å². The molecule has 1 amide bonds. The van der Waals surface area contributed by atoms with Crippen LogP contribution in [0.2, 0.25) is 0 Å². The number of imidazole rings is 1. The van der Waals surface area contributed by atoms with Crippen LogP contribution in [0, 0.1) is 0 Å². The maximum Gasteiger partial charge on any atom is 0.249 e. The Morgan fingerprint density at radius 3 is 3.14 bits per heavy atom. The van der Waals surface area contributed by atoms with E-state index in [1.807, 2.05) is 24.3 Å². The van der Waals surface area contributed by atoms with Crippen molar-refractivity contribution in [2.75, 3.05) is 19.8 Å². The molecule has 114 valence electrons. The standard InChI is InChI=1S/C16H23N3O2/c1-2-21-11-15-10-18(9-14-8-17-12-19(14)15)16(20)13-6-4-3-5-7-13/h6,8,12,15H,2-5,7,9-11H2,1H3. The first kappa shape index (κ1) is 14.3. The summed E-state index contributed by atoms with van der Waals surface area (Å²) in [5, 5.41) is 0. The van der Waals surface area contributed by atoms with Gasteiger partial charge in [-0.15, -0.1) is 0 Å². The van der Waals surface area contributed by atoms with Gasteiger partial charge < -0.3 is 14.2 Å². The van der Waals surface area contributed by atoms with Gasteiger partial charge in [-0.25, -0.2) is 4.98 Å². The molecule has 2 aliphatic rings. The van der Waals surface area contributed by atoms with E-state index in [0.29, 0.717) is 26.3 Å². The van der Waals surface area contributed by atoms with Crippen LogP contribution in [-0.4, -0.2) is 40.1 Å². The average molecular weight is 289 g/mol. The normalized spacial score (nSPS) is 21.9. The highest BCUT2D eigenvalue weighted by Gasteiger charge is 2.29. The fraction of sp³-hybridized carbons (Fsp3) is 0.625. The molecule has 0 fully saturated rings. The second kappa shape index (κ2) is 6.43. The quantitative estimate of drug-likeness (QED) is 0.854. The number of hydrogen-bond donors (Lipinski definition) is 0. The SMILES string of the molecule is CCOCC1CN(C(=O)C2=CCCCC2)Cc2cncn21. The molecule has 1 aromatic heterocycles. The van der Waals surface area contributed by atoms with Crippen molar-refractivity contribution < 1.29 is 9.53 Å². The van der Waals surface area contributed by atoms with Crippen LogP contribution in [0.5, 0.6) is 0 Å². The van der Waals surface area contributed by atoms with Crippen molar-refractivity contribution in [3.8, 4) is 0 Å². The highest BCUT2D eigenvalue weighted by atomic mass is 16.5. The third kappa shape index (κ3) is 3.02. The Morgan fingerprint density at radius 1 is 1.48 bits per heavy atom. The minimum atomic E-state index is 0.171. The maximum atomic E-state index is 12.7. The molecule has 0 saturated carbocycles. The van der Waals surface area contributed by atoms with Gasteiger partial charge in [0, 0.05) is 24.9 Å². The van der Waals surface area contributed by atoms with Gasteiger partial charge in [0.2, 0.25) is 5.91 Å². The minimum Gasteiger partial charge on any atom is -0.380 e. The van der Waals surface area contributed by atoms with Crippen molar-refractivity contribution in [1.29, 1.82) is 0 Å². The Kier molecular flexibility index (Phi) is 4.39. The Labute approximate surface area is 125 Å². The molecule has 0 N–H and O–H groups in total. The number of ether oxygens (including phenoxy) is 1. The predicted octanol–water partition coefficient (Wildman–Crippen LogP) is 2.30. The Bertz CT molecular complexity index is 535. The Morgan fingerprint density at radius 2 is 2.38 bits per heavy atom. The van der Waals surface area contributed by atoms with Crippen LogP contribution in [0.25, 0.3) is 0 Å². The molecule has 1 aliphatic carbocycles. The van der Waals surface area contributed by atoms with Gasteiger partial charge >= 0.3 is 0 Å². The van der Waals surface area contributed by atoms with Crippen LogP contribution < -0.4 is 0 Å². The van der Waals surface area contributed by atoms with Crippen LogP contribution >= 0.6 is 0 Å². The summed E-state index contributed by atoms with van der Waals surface area (Å²) in [6.07, 6.45) is 10.1. The molecule has 1 aliphatic heterocycles. The monoisotopic (exact) mass is 289 g/mol. The van der Waals surface area contributed by atoms with E-state index in [4.69, 9.17) is 4.74 Å². The molecule has 5 nitrogen and oxygen atoms in total. The van der Waals surface area contributed by atoms with Gasteiger partial charge in [0.15, 0.2) is 0 Å². The molecule has 0 bridgehead atoms. The predicted molar refractivity (Wildman–Crippen MR) is 79.7 cm³/mol. The summed E-state index contributed by atoms with van der Waals surface area (Å²) >= 11 is 0. The lowest BCUT2D eigenvalue weighted by Crippen LogP contribution is -2.42. The molecule has 3 rings (SSSR count). The molecule has 0 radical (unpaired) electrons. The van der Waals surface area contributed by atoms with Crippen LogP contribution in [0.4, 0.5) is 0 Å². The van der Waals surface area contributed by atoms with E-state index in [0.717, 1.165) is 30.5 Å². The van der Waals surface area contributed by atoms with E-state index in [1.165, 1.54) is 6.42 Å². The average Bonchev–Trinajstić information content (AvgIpc) is 3.01. The molecule has 5 heteroatoms. The van der Waals surface area contributed by atoms with Gasteiger partial charge in [0.1, 0.15) is 0 Å². The van der Waals surface area contributed by atoms with Crippen LogP contribution in [-0.2, 0) is 16.1 Å².